The van der Waals surface area contributed by atoms with Gasteiger partial charge < -0.3 is 10.1 Å². The minimum absolute atomic E-state index is 0.567. The third-order valence-corrected chi connectivity index (χ3v) is 4.04. The van der Waals surface area contributed by atoms with E-state index in [0.717, 1.165) is 41.9 Å². The first-order chi connectivity index (χ1) is 8.25. The van der Waals surface area contributed by atoms with E-state index in [9.17, 15) is 0 Å². The van der Waals surface area contributed by atoms with Crippen molar-refractivity contribution < 1.29 is 4.74 Å². The van der Waals surface area contributed by atoms with Gasteiger partial charge in [0.15, 0.2) is 0 Å². The van der Waals surface area contributed by atoms with Crippen LogP contribution in [0, 0.1) is 5.92 Å². The quantitative estimate of drug-likeness (QED) is 0.875. The molecule has 1 fully saturated rings. The standard InChI is InChI=1S/C14H18ClNO/c1-9-6-7-17-14-11(9)4-5-12(15)13(14)16-8-10-2-3-10/h4-5,9-10,16H,2-3,6-8H2,1H3/t9-/m0/s1. The molecular formula is C14H18ClNO. The fourth-order valence-electron chi connectivity index (χ4n) is 2.34. The first kappa shape index (κ1) is 11.2. The van der Waals surface area contributed by atoms with Crippen molar-refractivity contribution in [2.75, 3.05) is 18.5 Å². The molecule has 3 heteroatoms. The number of nitrogens with one attached hydrogen (secondary N) is 1. The van der Waals surface area contributed by atoms with Crippen LogP contribution in [0.3, 0.4) is 0 Å². The molecular weight excluding hydrogens is 234 g/mol. The number of benzene rings is 1. The van der Waals surface area contributed by atoms with E-state index in [1.165, 1.54) is 18.4 Å². The molecule has 3 rings (SSSR count). The Hall–Kier alpha value is -0.890. The Balaban J connectivity index is 1.90. The summed E-state index contributed by atoms with van der Waals surface area (Å²) in [4.78, 5) is 0. The molecule has 0 radical (unpaired) electrons. The lowest BCUT2D eigenvalue weighted by molar-refractivity contribution is 0.273. The second-order valence-corrected chi connectivity index (χ2v) is 5.61. The number of hydrogen-bond acceptors (Lipinski definition) is 2. The van der Waals surface area contributed by atoms with Crippen LogP contribution in [-0.2, 0) is 0 Å². The zero-order chi connectivity index (χ0) is 11.8. The SMILES string of the molecule is C[C@H]1CCOc2c1ccc(Cl)c2NCC1CC1. The summed E-state index contributed by atoms with van der Waals surface area (Å²) in [5.41, 5.74) is 2.29. The predicted molar refractivity (Wildman–Crippen MR) is 71.2 cm³/mol. The van der Waals surface area contributed by atoms with E-state index in [1.54, 1.807) is 0 Å². The van der Waals surface area contributed by atoms with Crippen LogP contribution >= 0.6 is 11.6 Å². The van der Waals surface area contributed by atoms with Crippen LogP contribution in [0.4, 0.5) is 5.69 Å². The summed E-state index contributed by atoms with van der Waals surface area (Å²) >= 11 is 6.27. The molecule has 17 heavy (non-hydrogen) atoms. The minimum atomic E-state index is 0.567. The number of halogens is 1. The predicted octanol–water partition coefficient (Wildman–Crippen LogP) is 4.05. The first-order valence-corrected chi connectivity index (χ1v) is 6.82. The van der Waals surface area contributed by atoms with Crippen LogP contribution < -0.4 is 10.1 Å². The van der Waals surface area contributed by atoms with Gasteiger partial charge in [-0.15, -0.1) is 0 Å². The average Bonchev–Trinajstić information content (AvgIpc) is 3.12. The Morgan fingerprint density at radius 1 is 1.35 bits per heavy atom. The minimum Gasteiger partial charge on any atom is -0.491 e. The van der Waals surface area contributed by atoms with E-state index in [-0.39, 0.29) is 0 Å². The molecule has 0 amide bonds. The smallest absolute Gasteiger partial charge is 0.147 e. The van der Waals surface area contributed by atoms with Gasteiger partial charge in [0.25, 0.3) is 0 Å². The van der Waals surface area contributed by atoms with Crippen LogP contribution in [0.2, 0.25) is 5.02 Å². The molecule has 1 saturated carbocycles. The van der Waals surface area contributed by atoms with E-state index in [0.29, 0.717) is 5.92 Å². The highest BCUT2D eigenvalue weighted by molar-refractivity contribution is 6.33. The van der Waals surface area contributed by atoms with Gasteiger partial charge in [-0.3, -0.25) is 0 Å². The Morgan fingerprint density at radius 2 is 2.18 bits per heavy atom. The normalized spacial score (nSPS) is 22.8. The molecule has 1 aliphatic carbocycles. The van der Waals surface area contributed by atoms with Crippen LogP contribution in [-0.4, -0.2) is 13.2 Å². The van der Waals surface area contributed by atoms with Crippen molar-refractivity contribution >= 4 is 17.3 Å². The van der Waals surface area contributed by atoms with E-state index < -0.39 is 0 Å². The van der Waals surface area contributed by atoms with Crippen LogP contribution in [0.5, 0.6) is 5.75 Å². The number of anilines is 1. The molecule has 2 aliphatic rings. The third kappa shape index (κ3) is 2.23. The van der Waals surface area contributed by atoms with E-state index in [1.807, 2.05) is 6.07 Å². The molecule has 0 spiro atoms. The molecule has 0 bridgehead atoms. The van der Waals surface area contributed by atoms with Gasteiger partial charge in [0.05, 0.1) is 17.3 Å². The van der Waals surface area contributed by atoms with Gasteiger partial charge >= 0.3 is 0 Å². The van der Waals surface area contributed by atoms with Gasteiger partial charge in [-0.05, 0) is 42.7 Å². The van der Waals surface area contributed by atoms with Crippen molar-refractivity contribution in [3.63, 3.8) is 0 Å². The van der Waals surface area contributed by atoms with Crippen molar-refractivity contribution in [1.82, 2.24) is 0 Å². The molecule has 1 heterocycles. The summed E-state index contributed by atoms with van der Waals surface area (Å²) in [6, 6.07) is 4.09. The van der Waals surface area contributed by atoms with Crippen LogP contribution in [0.25, 0.3) is 0 Å². The van der Waals surface area contributed by atoms with E-state index >= 15 is 0 Å². The molecule has 1 aliphatic heterocycles. The Kier molecular flexibility index (Phi) is 2.91. The second kappa shape index (κ2) is 4.41. The fraction of sp³-hybridized carbons (Fsp3) is 0.571. The Morgan fingerprint density at radius 3 is 2.94 bits per heavy atom. The van der Waals surface area contributed by atoms with Crippen molar-refractivity contribution in [2.45, 2.75) is 32.1 Å². The molecule has 1 aromatic carbocycles. The topological polar surface area (TPSA) is 21.3 Å². The summed E-state index contributed by atoms with van der Waals surface area (Å²) in [6.45, 7) is 4.07. The number of ether oxygens (including phenoxy) is 1. The molecule has 0 saturated heterocycles. The highest BCUT2D eigenvalue weighted by atomic mass is 35.5. The summed E-state index contributed by atoms with van der Waals surface area (Å²) in [5, 5.41) is 4.24. The maximum atomic E-state index is 6.27. The fourth-order valence-corrected chi connectivity index (χ4v) is 2.56. The van der Waals surface area contributed by atoms with Gasteiger partial charge in [-0.1, -0.05) is 24.6 Å². The monoisotopic (exact) mass is 251 g/mol. The third-order valence-electron chi connectivity index (χ3n) is 3.73. The highest BCUT2D eigenvalue weighted by Gasteiger charge is 2.25. The number of hydrogen-bond donors (Lipinski definition) is 1. The number of fused-ring (bicyclic) bond motifs is 1. The average molecular weight is 252 g/mol. The maximum absolute atomic E-state index is 6.27. The Bertz CT molecular complexity index is 428. The summed E-state index contributed by atoms with van der Waals surface area (Å²) < 4.78 is 5.81. The molecule has 1 N–H and O–H groups in total. The van der Waals surface area contributed by atoms with Crippen molar-refractivity contribution in [3.8, 4) is 5.75 Å². The zero-order valence-corrected chi connectivity index (χ0v) is 10.9. The molecule has 0 aromatic heterocycles. The van der Waals surface area contributed by atoms with Gasteiger partial charge in [-0.25, -0.2) is 0 Å². The lowest BCUT2D eigenvalue weighted by Gasteiger charge is -2.26. The van der Waals surface area contributed by atoms with Crippen molar-refractivity contribution in [3.05, 3.63) is 22.7 Å². The van der Waals surface area contributed by atoms with Gasteiger partial charge in [0.2, 0.25) is 0 Å². The van der Waals surface area contributed by atoms with E-state index in [2.05, 4.69) is 18.3 Å². The molecule has 0 unspecified atom stereocenters. The molecule has 92 valence electrons. The number of rotatable bonds is 3. The highest BCUT2D eigenvalue weighted by Crippen LogP contribution is 2.43. The van der Waals surface area contributed by atoms with Crippen LogP contribution in [0.1, 0.15) is 37.7 Å². The lowest BCUT2D eigenvalue weighted by atomic mass is 9.94. The summed E-state index contributed by atoms with van der Waals surface area (Å²) in [7, 11) is 0. The van der Waals surface area contributed by atoms with Crippen molar-refractivity contribution in [2.24, 2.45) is 5.92 Å². The van der Waals surface area contributed by atoms with Gasteiger partial charge in [0, 0.05) is 6.54 Å². The second-order valence-electron chi connectivity index (χ2n) is 5.20. The lowest BCUT2D eigenvalue weighted by Crippen LogP contribution is -2.15. The summed E-state index contributed by atoms with van der Waals surface area (Å²) in [5.74, 6) is 2.39. The van der Waals surface area contributed by atoms with Crippen molar-refractivity contribution in [1.29, 1.82) is 0 Å². The van der Waals surface area contributed by atoms with Gasteiger partial charge in [-0.2, -0.15) is 0 Å². The first-order valence-electron chi connectivity index (χ1n) is 6.45. The Labute approximate surface area is 107 Å². The molecule has 1 aromatic rings. The molecule has 1 atom stereocenters. The summed E-state index contributed by atoms with van der Waals surface area (Å²) in [6.07, 6.45) is 3.78. The molecule has 2 nitrogen and oxygen atoms in total. The zero-order valence-electron chi connectivity index (χ0n) is 10.1. The maximum Gasteiger partial charge on any atom is 0.147 e. The van der Waals surface area contributed by atoms with Gasteiger partial charge in [0.1, 0.15) is 5.75 Å². The van der Waals surface area contributed by atoms with E-state index in [4.69, 9.17) is 16.3 Å². The van der Waals surface area contributed by atoms with Crippen LogP contribution in [0.15, 0.2) is 12.1 Å². The largest absolute Gasteiger partial charge is 0.491 e.